The third kappa shape index (κ3) is 1.59. The van der Waals surface area contributed by atoms with E-state index in [0.717, 1.165) is 13.1 Å². The number of hydrogen-bond acceptors (Lipinski definition) is 4. The molecular weight excluding hydrogens is 208 g/mol. The average molecular weight is 220 g/mol. The summed E-state index contributed by atoms with van der Waals surface area (Å²) in [5, 5.41) is 6.03. The predicted octanol–water partition coefficient (Wildman–Crippen LogP) is 0.117. The summed E-state index contributed by atoms with van der Waals surface area (Å²) in [7, 11) is 0. The lowest BCUT2D eigenvalue weighted by Crippen LogP contribution is -2.56. The Labute approximate surface area is 92.7 Å². The summed E-state index contributed by atoms with van der Waals surface area (Å²) < 4.78 is 10.4. The number of nitrogens with one attached hydrogen (secondary N) is 2. The zero-order valence-corrected chi connectivity index (χ0v) is 8.66. The highest BCUT2D eigenvalue weighted by Gasteiger charge is 2.21. The molecule has 1 saturated heterocycles. The summed E-state index contributed by atoms with van der Waals surface area (Å²) in [4.78, 5) is 11.8. The molecule has 0 saturated carbocycles. The predicted molar refractivity (Wildman–Crippen MR) is 56.7 cm³/mol. The van der Waals surface area contributed by atoms with Crippen LogP contribution in [0.3, 0.4) is 0 Å². The number of carbonyl (C=O) groups is 1. The molecule has 0 spiro atoms. The van der Waals surface area contributed by atoms with E-state index in [1.54, 1.807) is 18.2 Å². The first-order valence-electron chi connectivity index (χ1n) is 5.24. The summed E-state index contributed by atoms with van der Waals surface area (Å²) >= 11 is 0. The van der Waals surface area contributed by atoms with Gasteiger partial charge in [0.15, 0.2) is 11.5 Å². The topological polar surface area (TPSA) is 59.6 Å². The minimum atomic E-state index is -0.0650. The molecule has 16 heavy (non-hydrogen) atoms. The number of amides is 1. The highest BCUT2D eigenvalue weighted by Crippen LogP contribution is 2.32. The van der Waals surface area contributed by atoms with Crippen LogP contribution in [0.25, 0.3) is 0 Å². The zero-order chi connectivity index (χ0) is 11.0. The van der Waals surface area contributed by atoms with Gasteiger partial charge in [-0.2, -0.15) is 0 Å². The van der Waals surface area contributed by atoms with Crippen LogP contribution in [0, 0.1) is 0 Å². The largest absolute Gasteiger partial charge is 0.454 e. The second-order valence-corrected chi connectivity index (χ2v) is 3.90. The van der Waals surface area contributed by atoms with Gasteiger partial charge >= 0.3 is 0 Å². The van der Waals surface area contributed by atoms with Crippen LogP contribution in [0.5, 0.6) is 11.5 Å². The molecule has 84 valence electrons. The molecule has 3 rings (SSSR count). The van der Waals surface area contributed by atoms with E-state index < -0.39 is 0 Å². The molecule has 1 aromatic carbocycles. The van der Waals surface area contributed by atoms with Crippen molar-refractivity contribution in [2.75, 3.05) is 19.9 Å². The fourth-order valence-corrected chi connectivity index (χ4v) is 1.70. The van der Waals surface area contributed by atoms with E-state index in [1.165, 1.54) is 0 Å². The van der Waals surface area contributed by atoms with Crippen LogP contribution >= 0.6 is 0 Å². The molecule has 2 heterocycles. The molecule has 0 aliphatic carbocycles. The Morgan fingerprint density at radius 1 is 1.31 bits per heavy atom. The summed E-state index contributed by atoms with van der Waals surface area (Å²) in [5.41, 5.74) is 0.608. The van der Waals surface area contributed by atoms with E-state index in [9.17, 15) is 4.79 Å². The lowest BCUT2D eigenvalue weighted by atomic mass is 10.1. The van der Waals surface area contributed by atoms with Crippen molar-refractivity contribution in [3.63, 3.8) is 0 Å². The lowest BCUT2D eigenvalue weighted by molar-refractivity contribution is 0.0923. The van der Waals surface area contributed by atoms with Gasteiger partial charge in [0, 0.05) is 18.7 Å². The SMILES string of the molecule is O=C(NC1CNC1)c1ccc2c(c1)OCO2. The molecule has 0 atom stereocenters. The van der Waals surface area contributed by atoms with Gasteiger partial charge in [-0.25, -0.2) is 0 Å². The van der Waals surface area contributed by atoms with Crippen molar-refractivity contribution in [2.24, 2.45) is 0 Å². The first kappa shape index (κ1) is 9.47. The van der Waals surface area contributed by atoms with Crippen molar-refractivity contribution < 1.29 is 14.3 Å². The number of ether oxygens (including phenoxy) is 2. The maximum atomic E-state index is 11.8. The van der Waals surface area contributed by atoms with Gasteiger partial charge in [0.2, 0.25) is 6.79 Å². The van der Waals surface area contributed by atoms with Gasteiger partial charge in [0.1, 0.15) is 0 Å². The third-order valence-electron chi connectivity index (χ3n) is 2.75. The van der Waals surface area contributed by atoms with Crippen LogP contribution in [-0.4, -0.2) is 31.8 Å². The van der Waals surface area contributed by atoms with Crippen molar-refractivity contribution in [3.8, 4) is 11.5 Å². The van der Waals surface area contributed by atoms with E-state index in [4.69, 9.17) is 9.47 Å². The monoisotopic (exact) mass is 220 g/mol. The molecule has 2 N–H and O–H groups in total. The van der Waals surface area contributed by atoms with Gasteiger partial charge < -0.3 is 20.1 Å². The first-order chi connectivity index (χ1) is 7.83. The summed E-state index contributed by atoms with van der Waals surface area (Å²) in [6.07, 6.45) is 0. The fraction of sp³-hybridized carbons (Fsp3) is 0.364. The van der Waals surface area contributed by atoms with Gasteiger partial charge in [0.05, 0.1) is 6.04 Å². The van der Waals surface area contributed by atoms with E-state index in [-0.39, 0.29) is 18.7 Å². The standard InChI is InChI=1S/C11H12N2O3/c14-11(13-8-4-12-5-8)7-1-2-9-10(3-7)16-6-15-9/h1-3,8,12H,4-6H2,(H,13,14). The van der Waals surface area contributed by atoms with E-state index in [1.807, 2.05) is 0 Å². The lowest BCUT2D eigenvalue weighted by Gasteiger charge is -2.27. The van der Waals surface area contributed by atoms with Crippen molar-refractivity contribution in [3.05, 3.63) is 23.8 Å². The molecular formula is C11H12N2O3. The van der Waals surface area contributed by atoms with E-state index in [0.29, 0.717) is 17.1 Å². The molecule has 1 amide bonds. The summed E-state index contributed by atoms with van der Waals surface area (Å²) in [6.45, 7) is 1.92. The molecule has 1 fully saturated rings. The van der Waals surface area contributed by atoms with Gasteiger partial charge in [-0.3, -0.25) is 4.79 Å². The van der Waals surface area contributed by atoms with E-state index >= 15 is 0 Å². The van der Waals surface area contributed by atoms with Crippen LogP contribution in [0.1, 0.15) is 10.4 Å². The number of fused-ring (bicyclic) bond motifs is 1. The van der Waals surface area contributed by atoms with Gasteiger partial charge in [-0.05, 0) is 18.2 Å². The van der Waals surface area contributed by atoms with Crippen LogP contribution in [0.15, 0.2) is 18.2 Å². The fourth-order valence-electron chi connectivity index (χ4n) is 1.70. The van der Waals surface area contributed by atoms with Gasteiger partial charge in [0.25, 0.3) is 5.91 Å². The molecule has 2 aliphatic rings. The Morgan fingerprint density at radius 3 is 2.88 bits per heavy atom. The molecule has 0 bridgehead atoms. The molecule has 1 aromatic rings. The van der Waals surface area contributed by atoms with Gasteiger partial charge in [-0.1, -0.05) is 0 Å². The second-order valence-electron chi connectivity index (χ2n) is 3.90. The normalized spacial score (nSPS) is 18.0. The highest BCUT2D eigenvalue weighted by molar-refractivity contribution is 5.95. The summed E-state index contributed by atoms with van der Waals surface area (Å²) in [6, 6.07) is 5.47. The molecule has 5 heteroatoms. The van der Waals surface area contributed by atoms with Crippen LogP contribution in [0.4, 0.5) is 0 Å². The maximum absolute atomic E-state index is 11.8. The van der Waals surface area contributed by atoms with Gasteiger partial charge in [-0.15, -0.1) is 0 Å². The second kappa shape index (κ2) is 3.68. The minimum Gasteiger partial charge on any atom is -0.454 e. The number of carbonyl (C=O) groups excluding carboxylic acids is 1. The highest BCUT2D eigenvalue weighted by atomic mass is 16.7. The van der Waals surface area contributed by atoms with Crippen LogP contribution < -0.4 is 20.1 Å². The zero-order valence-electron chi connectivity index (χ0n) is 8.66. The number of benzene rings is 1. The number of rotatable bonds is 2. The van der Waals surface area contributed by atoms with Crippen LogP contribution in [-0.2, 0) is 0 Å². The molecule has 5 nitrogen and oxygen atoms in total. The Kier molecular flexibility index (Phi) is 2.18. The van der Waals surface area contributed by atoms with Crippen molar-refractivity contribution in [2.45, 2.75) is 6.04 Å². The molecule has 0 aromatic heterocycles. The Bertz CT molecular complexity index is 429. The summed E-state index contributed by atoms with van der Waals surface area (Å²) in [5.74, 6) is 1.27. The maximum Gasteiger partial charge on any atom is 0.251 e. The number of hydrogen-bond donors (Lipinski definition) is 2. The third-order valence-corrected chi connectivity index (χ3v) is 2.75. The van der Waals surface area contributed by atoms with Crippen molar-refractivity contribution in [1.82, 2.24) is 10.6 Å². The van der Waals surface area contributed by atoms with Crippen molar-refractivity contribution >= 4 is 5.91 Å². The first-order valence-corrected chi connectivity index (χ1v) is 5.24. The Hall–Kier alpha value is -1.75. The Morgan fingerprint density at radius 2 is 2.12 bits per heavy atom. The smallest absolute Gasteiger partial charge is 0.251 e. The van der Waals surface area contributed by atoms with Crippen LogP contribution in [0.2, 0.25) is 0 Å². The quantitative estimate of drug-likeness (QED) is 0.743. The Balaban J connectivity index is 1.75. The minimum absolute atomic E-state index is 0.0650. The molecule has 2 aliphatic heterocycles. The average Bonchev–Trinajstić information content (AvgIpc) is 2.69. The molecule has 0 radical (unpaired) electrons. The van der Waals surface area contributed by atoms with Crippen molar-refractivity contribution in [1.29, 1.82) is 0 Å². The van der Waals surface area contributed by atoms with E-state index in [2.05, 4.69) is 10.6 Å². The molecule has 0 unspecified atom stereocenters.